The van der Waals surface area contributed by atoms with Crippen molar-refractivity contribution >= 4 is 26.0 Å². The number of aryl methyl sites for hydroxylation is 1. The number of nitrogens with zero attached hydrogens (tertiary/aromatic N) is 2. The number of piperazine rings is 1. The summed E-state index contributed by atoms with van der Waals surface area (Å²) in [5.74, 6) is 0. The van der Waals surface area contributed by atoms with Gasteiger partial charge in [0.25, 0.3) is 0 Å². The summed E-state index contributed by atoms with van der Waals surface area (Å²) in [7, 11) is -1.52. The monoisotopic (exact) mass is 408 g/mol. The molecule has 2 aromatic carbocycles. The van der Waals surface area contributed by atoms with Crippen LogP contribution in [0.1, 0.15) is 17.2 Å². The molecule has 0 radical (unpaired) electrons. The molecule has 4 nitrogen and oxygen atoms in total. The molecule has 0 amide bonds. The Kier molecular flexibility index (Phi) is 5.11. The molecule has 0 spiro atoms. The van der Waals surface area contributed by atoms with E-state index in [1.807, 2.05) is 50.4 Å². The van der Waals surface area contributed by atoms with Gasteiger partial charge in [-0.2, -0.15) is 4.31 Å². The van der Waals surface area contributed by atoms with Crippen molar-refractivity contribution in [3.05, 3.63) is 64.1 Å². The Balaban J connectivity index is 2.02. The summed E-state index contributed by atoms with van der Waals surface area (Å²) >= 11 is 3.44. The quantitative estimate of drug-likeness (QED) is 0.780. The number of halogens is 1. The first-order valence-electron chi connectivity index (χ1n) is 7.91. The van der Waals surface area contributed by atoms with Crippen LogP contribution >= 0.6 is 15.9 Å². The van der Waals surface area contributed by atoms with Gasteiger partial charge >= 0.3 is 0 Å². The lowest BCUT2D eigenvalue weighted by molar-refractivity contribution is 0.160. The van der Waals surface area contributed by atoms with Gasteiger partial charge < -0.3 is 4.90 Å². The minimum atomic E-state index is -3.55. The molecule has 1 heterocycles. The first-order chi connectivity index (χ1) is 11.4. The van der Waals surface area contributed by atoms with Crippen molar-refractivity contribution in [2.45, 2.75) is 17.9 Å². The van der Waals surface area contributed by atoms with Gasteiger partial charge in [-0.1, -0.05) is 52.3 Å². The number of sulfonamides is 1. The maximum Gasteiger partial charge on any atom is 0.243 e. The molecule has 0 saturated carbocycles. The average Bonchev–Trinajstić information content (AvgIpc) is 2.57. The Bertz CT molecular complexity index is 824. The molecule has 2 aromatic rings. The van der Waals surface area contributed by atoms with Crippen LogP contribution in [0, 0.1) is 6.92 Å². The predicted molar refractivity (Wildman–Crippen MR) is 99.5 cm³/mol. The molecule has 1 fully saturated rings. The third-order valence-electron chi connectivity index (χ3n) is 4.47. The van der Waals surface area contributed by atoms with Crippen LogP contribution in [0.4, 0.5) is 0 Å². The van der Waals surface area contributed by atoms with E-state index >= 15 is 0 Å². The van der Waals surface area contributed by atoms with Gasteiger partial charge in [0.15, 0.2) is 0 Å². The molecule has 1 aliphatic rings. The summed E-state index contributed by atoms with van der Waals surface area (Å²) in [5.41, 5.74) is 2.05. The van der Waals surface area contributed by atoms with E-state index in [1.54, 1.807) is 16.4 Å². The van der Waals surface area contributed by atoms with Gasteiger partial charge in [-0.05, 0) is 37.2 Å². The maximum absolute atomic E-state index is 13.2. The van der Waals surface area contributed by atoms with Gasteiger partial charge in [-0.25, -0.2) is 8.42 Å². The van der Waals surface area contributed by atoms with Crippen molar-refractivity contribution in [1.29, 1.82) is 0 Å². The number of hydrogen-bond donors (Lipinski definition) is 0. The highest BCUT2D eigenvalue weighted by molar-refractivity contribution is 9.10. The number of likely N-dealkylation sites (N-methyl/N-ethyl adjacent to an activating group) is 1. The van der Waals surface area contributed by atoms with E-state index in [0.29, 0.717) is 18.0 Å². The SMILES string of the molecule is Cc1ccc(S(=O)(=O)N2CCN(C)CC2c2ccccc2)cc1Br. The molecule has 128 valence electrons. The van der Waals surface area contributed by atoms with Crippen LogP contribution in [0.15, 0.2) is 57.9 Å². The smallest absolute Gasteiger partial charge is 0.243 e. The molecule has 1 unspecified atom stereocenters. The van der Waals surface area contributed by atoms with E-state index in [2.05, 4.69) is 20.8 Å². The zero-order valence-corrected chi connectivity index (χ0v) is 16.2. The second-order valence-corrected chi connectivity index (χ2v) is 8.96. The van der Waals surface area contributed by atoms with Crippen LogP contribution in [0.5, 0.6) is 0 Å². The Morgan fingerprint density at radius 3 is 2.46 bits per heavy atom. The lowest BCUT2D eigenvalue weighted by Crippen LogP contribution is -2.49. The molecular weight excluding hydrogens is 388 g/mol. The maximum atomic E-state index is 13.2. The molecule has 0 N–H and O–H groups in total. The fourth-order valence-corrected chi connectivity index (χ4v) is 5.16. The molecule has 1 aliphatic heterocycles. The molecule has 0 aromatic heterocycles. The van der Waals surface area contributed by atoms with Crippen molar-refractivity contribution in [2.75, 3.05) is 26.7 Å². The van der Waals surface area contributed by atoms with Crippen LogP contribution in [-0.4, -0.2) is 44.3 Å². The second-order valence-electron chi connectivity index (χ2n) is 6.22. The minimum Gasteiger partial charge on any atom is -0.303 e. The van der Waals surface area contributed by atoms with Crippen molar-refractivity contribution in [3.63, 3.8) is 0 Å². The third kappa shape index (κ3) is 3.42. The van der Waals surface area contributed by atoms with E-state index in [4.69, 9.17) is 0 Å². The molecule has 1 saturated heterocycles. The number of benzene rings is 2. The van der Waals surface area contributed by atoms with Gasteiger partial charge in [0.05, 0.1) is 10.9 Å². The number of rotatable bonds is 3. The molecular formula is C18H21BrN2O2S. The predicted octanol–water partition coefficient (Wildman–Crippen LogP) is 3.43. The zero-order chi connectivity index (χ0) is 17.3. The first kappa shape index (κ1) is 17.6. The fourth-order valence-electron chi connectivity index (χ4n) is 3.01. The van der Waals surface area contributed by atoms with E-state index < -0.39 is 10.0 Å². The summed E-state index contributed by atoms with van der Waals surface area (Å²) in [4.78, 5) is 2.51. The van der Waals surface area contributed by atoms with Crippen molar-refractivity contribution < 1.29 is 8.42 Å². The molecule has 6 heteroatoms. The van der Waals surface area contributed by atoms with E-state index in [9.17, 15) is 8.42 Å². The van der Waals surface area contributed by atoms with E-state index in [1.165, 1.54) is 0 Å². The van der Waals surface area contributed by atoms with Crippen LogP contribution in [0.3, 0.4) is 0 Å². The Labute approximate surface area is 152 Å². The van der Waals surface area contributed by atoms with Gasteiger partial charge in [0, 0.05) is 24.1 Å². The van der Waals surface area contributed by atoms with Crippen LogP contribution < -0.4 is 0 Å². The highest BCUT2D eigenvalue weighted by Gasteiger charge is 2.36. The molecule has 3 rings (SSSR count). The molecule has 1 atom stereocenters. The standard InChI is InChI=1S/C18H21BrN2O2S/c1-14-8-9-16(12-17(14)19)24(22,23)21-11-10-20(2)13-18(21)15-6-4-3-5-7-15/h3-9,12,18H,10-11,13H2,1-2H3. The van der Waals surface area contributed by atoms with Crippen molar-refractivity contribution in [3.8, 4) is 0 Å². The average molecular weight is 409 g/mol. The largest absolute Gasteiger partial charge is 0.303 e. The molecule has 24 heavy (non-hydrogen) atoms. The first-order valence-corrected chi connectivity index (χ1v) is 10.1. The lowest BCUT2D eigenvalue weighted by atomic mass is 10.1. The minimum absolute atomic E-state index is 0.171. The van der Waals surface area contributed by atoms with Crippen LogP contribution in [0.2, 0.25) is 0 Å². The summed E-state index contributed by atoms with van der Waals surface area (Å²) in [6.45, 7) is 3.86. The van der Waals surface area contributed by atoms with E-state index in [-0.39, 0.29) is 6.04 Å². The van der Waals surface area contributed by atoms with Gasteiger partial charge in [-0.15, -0.1) is 0 Å². The van der Waals surface area contributed by atoms with Crippen LogP contribution in [0.25, 0.3) is 0 Å². The normalized spacial score (nSPS) is 20.2. The topological polar surface area (TPSA) is 40.6 Å². The highest BCUT2D eigenvalue weighted by Crippen LogP contribution is 2.32. The second kappa shape index (κ2) is 6.96. The lowest BCUT2D eigenvalue weighted by Gasteiger charge is -2.39. The summed E-state index contributed by atoms with van der Waals surface area (Å²) < 4.78 is 28.9. The summed E-state index contributed by atoms with van der Waals surface area (Å²) in [6, 6.07) is 14.9. The number of hydrogen-bond acceptors (Lipinski definition) is 3. The Hall–Kier alpha value is -1.21. The Morgan fingerprint density at radius 1 is 1.08 bits per heavy atom. The van der Waals surface area contributed by atoms with Gasteiger partial charge in [-0.3, -0.25) is 0 Å². The van der Waals surface area contributed by atoms with Crippen LogP contribution in [-0.2, 0) is 10.0 Å². The van der Waals surface area contributed by atoms with Gasteiger partial charge in [0.2, 0.25) is 10.0 Å². The molecule has 0 bridgehead atoms. The fraction of sp³-hybridized carbons (Fsp3) is 0.333. The Morgan fingerprint density at radius 2 is 1.79 bits per heavy atom. The highest BCUT2D eigenvalue weighted by atomic mass is 79.9. The van der Waals surface area contributed by atoms with Crippen molar-refractivity contribution in [1.82, 2.24) is 9.21 Å². The molecule has 0 aliphatic carbocycles. The third-order valence-corrected chi connectivity index (χ3v) is 7.23. The van der Waals surface area contributed by atoms with Crippen molar-refractivity contribution in [2.24, 2.45) is 0 Å². The van der Waals surface area contributed by atoms with E-state index in [0.717, 1.165) is 22.1 Å². The summed E-state index contributed by atoms with van der Waals surface area (Å²) in [6.07, 6.45) is 0. The zero-order valence-electron chi connectivity index (χ0n) is 13.8. The summed E-state index contributed by atoms with van der Waals surface area (Å²) in [5, 5.41) is 0. The van der Waals surface area contributed by atoms with Gasteiger partial charge in [0.1, 0.15) is 0 Å².